The van der Waals surface area contributed by atoms with Gasteiger partial charge in [-0.3, -0.25) is 4.79 Å². The lowest BCUT2D eigenvalue weighted by Gasteiger charge is -2.06. The van der Waals surface area contributed by atoms with Crippen LogP contribution in [0.4, 0.5) is 5.13 Å². The summed E-state index contributed by atoms with van der Waals surface area (Å²) < 4.78 is 23.8. The Morgan fingerprint density at radius 1 is 1.45 bits per heavy atom. The molecule has 108 valence electrons. The number of carbonyl (C=O) groups excluding carboxylic acids is 1. The molecule has 7 heteroatoms. The third-order valence-electron chi connectivity index (χ3n) is 3.08. The van der Waals surface area contributed by atoms with Crippen LogP contribution in [0.5, 0.6) is 0 Å². The number of nitrogens with one attached hydrogen (secondary N) is 1. The summed E-state index contributed by atoms with van der Waals surface area (Å²) in [5.74, 6) is -0.150. The van der Waals surface area contributed by atoms with E-state index in [-0.39, 0.29) is 16.7 Å². The molecule has 5 nitrogen and oxygen atoms in total. The van der Waals surface area contributed by atoms with Crippen molar-refractivity contribution < 1.29 is 13.2 Å². The maximum Gasteiger partial charge on any atom is 0.228 e. The Balaban J connectivity index is 2.32. The molecule has 2 rings (SSSR count). The Hall–Kier alpha value is -1.47. The molecule has 2 aromatic rings. The molecule has 1 atom stereocenters. The average Bonchev–Trinajstić information content (AvgIpc) is 2.77. The summed E-state index contributed by atoms with van der Waals surface area (Å²) in [5.41, 5.74) is 0.682. The van der Waals surface area contributed by atoms with Crippen molar-refractivity contribution in [1.29, 1.82) is 0 Å². The van der Waals surface area contributed by atoms with E-state index in [1.165, 1.54) is 23.7 Å². The van der Waals surface area contributed by atoms with Crippen molar-refractivity contribution in [3.05, 3.63) is 18.2 Å². The number of thiazole rings is 1. The number of rotatable bonds is 4. The molecule has 0 spiro atoms. The fourth-order valence-electron chi connectivity index (χ4n) is 1.60. The first-order valence-electron chi connectivity index (χ1n) is 6.22. The van der Waals surface area contributed by atoms with Crippen molar-refractivity contribution in [2.45, 2.75) is 25.2 Å². The molecule has 1 aromatic heterocycles. The van der Waals surface area contributed by atoms with Gasteiger partial charge in [-0.05, 0) is 24.6 Å². The molecular weight excluding hydrogens is 296 g/mol. The molecule has 1 heterocycles. The van der Waals surface area contributed by atoms with Gasteiger partial charge in [-0.25, -0.2) is 13.4 Å². The van der Waals surface area contributed by atoms with Gasteiger partial charge in [-0.2, -0.15) is 0 Å². The van der Waals surface area contributed by atoms with E-state index >= 15 is 0 Å². The van der Waals surface area contributed by atoms with Gasteiger partial charge in [0.2, 0.25) is 5.91 Å². The first-order valence-corrected chi connectivity index (χ1v) is 8.93. The topological polar surface area (TPSA) is 76.1 Å². The number of amides is 1. The molecule has 1 N–H and O–H groups in total. The molecule has 0 unspecified atom stereocenters. The molecule has 0 aliphatic rings. The number of aromatic nitrogens is 1. The van der Waals surface area contributed by atoms with Crippen LogP contribution in [0.1, 0.15) is 20.3 Å². The van der Waals surface area contributed by atoms with Gasteiger partial charge in [0.05, 0.1) is 15.1 Å². The van der Waals surface area contributed by atoms with Gasteiger partial charge in [-0.15, -0.1) is 0 Å². The number of anilines is 1. The van der Waals surface area contributed by atoms with Crippen molar-refractivity contribution in [2.24, 2.45) is 5.92 Å². The molecular formula is C13H16N2O3S2. The molecule has 0 saturated carbocycles. The lowest BCUT2D eigenvalue weighted by Crippen LogP contribution is -2.19. The predicted octanol–water partition coefficient (Wildman–Crippen LogP) is 2.68. The number of benzene rings is 1. The lowest BCUT2D eigenvalue weighted by atomic mass is 10.1. The molecule has 1 aromatic carbocycles. The highest BCUT2D eigenvalue weighted by Crippen LogP contribution is 2.28. The van der Waals surface area contributed by atoms with Crippen LogP contribution in [0.2, 0.25) is 0 Å². The largest absolute Gasteiger partial charge is 0.302 e. The minimum Gasteiger partial charge on any atom is -0.302 e. The van der Waals surface area contributed by atoms with E-state index in [2.05, 4.69) is 10.3 Å². The van der Waals surface area contributed by atoms with E-state index in [0.29, 0.717) is 10.6 Å². The summed E-state index contributed by atoms with van der Waals surface area (Å²) >= 11 is 1.28. The van der Waals surface area contributed by atoms with Gasteiger partial charge < -0.3 is 5.32 Å². The molecule has 0 aliphatic carbocycles. The van der Waals surface area contributed by atoms with Gasteiger partial charge in [0, 0.05) is 12.2 Å². The van der Waals surface area contributed by atoms with Crippen LogP contribution >= 0.6 is 11.3 Å². The Kier molecular flexibility index (Phi) is 4.10. The summed E-state index contributed by atoms with van der Waals surface area (Å²) in [7, 11) is -3.23. The second kappa shape index (κ2) is 5.49. The number of hydrogen-bond acceptors (Lipinski definition) is 5. The molecule has 1 amide bonds. The summed E-state index contributed by atoms with van der Waals surface area (Å²) in [5, 5.41) is 3.26. The van der Waals surface area contributed by atoms with Crippen molar-refractivity contribution in [3.63, 3.8) is 0 Å². The number of nitrogens with zero attached hydrogens (tertiary/aromatic N) is 1. The highest BCUT2D eigenvalue weighted by Gasteiger charge is 2.14. The molecule has 0 aliphatic heterocycles. The number of hydrogen-bond donors (Lipinski definition) is 1. The van der Waals surface area contributed by atoms with Crippen LogP contribution in [0, 0.1) is 5.92 Å². The fourth-order valence-corrected chi connectivity index (χ4v) is 3.23. The van der Waals surface area contributed by atoms with E-state index in [0.717, 1.165) is 11.1 Å². The Labute approximate surface area is 121 Å². The highest BCUT2D eigenvalue weighted by atomic mass is 32.2. The maximum absolute atomic E-state index is 11.8. The van der Waals surface area contributed by atoms with Crippen LogP contribution in [-0.2, 0) is 14.6 Å². The van der Waals surface area contributed by atoms with E-state index in [1.807, 2.05) is 13.8 Å². The Morgan fingerprint density at radius 3 is 2.75 bits per heavy atom. The highest BCUT2D eigenvalue weighted by molar-refractivity contribution is 7.90. The number of carbonyl (C=O) groups is 1. The van der Waals surface area contributed by atoms with E-state index in [4.69, 9.17) is 0 Å². The zero-order chi connectivity index (χ0) is 14.9. The first kappa shape index (κ1) is 14.9. The molecule has 20 heavy (non-hydrogen) atoms. The van der Waals surface area contributed by atoms with E-state index in [9.17, 15) is 13.2 Å². The fraction of sp³-hybridized carbons (Fsp3) is 0.385. The van der Waals surface area contributed by atoms with Crippen molar-refractivity contribution >= 4 is 42.4 Å². The van der Waals surface area contributed by atoms with Crippen molar-refractivity contribution in [3.8, 4) is 0 Å². The van der Waals surface area contributed by atoms with Gasteiger partial charge in [-0.1, -0.05) is 25.2 Å². The van der Waals surface area contributed by atoms with E-state index < -0.39 is 9.84 Å². The summed E-state index contributed by atoms with van der Waals surface area (Å²) in [6, 6.07) is 4.76. The van der Waals surface area contributed by atoms with Gasteiger partial charge >= 0.3 is 0 Å². The Bertz CT molecular complexity index is 750. The van der Waals surface area contributed by atoms with Crippen LogP contribution in [0.25, 0.3) is 10.2 Å². The smallest absolute Gasteiger partial charge is 0.228 e. The summed E-state index contributed by atoms with van der Waals surface area (Å²) in [6.45, 7) is 3.80. The normalized spacial score (nSPS) is 13.3. The van der Waals surface area contributed by atoms with E-state index in [1.54, 1.807) is 12.1 Å². The lowest BCUT2D eigenvalue weighted by molar-refractivity contribution is -0.119. The zero-order valence-electron chi connectivity index (χ0n) is 11.5. The van der Waals surface area contributed by atoms with Gasteiger partial charge in [0.25, 0.3) is 0 Å². The second-order valence-electron chi connectivity index (χ2n) is 4.72. The van der Waals surface area contributed by atoms with Crippen LogP contribution in [-0.4, -0.2) is 25.6 Å². The summed E-state index contributed by atoms with van der Waals surface area (Å²) in [6.07, 6.45) is 1.93. The molecule has 0 radical (unpaired) electrons. The molecule has 0 fully saturated rings. The monoisotopic (exact) mass is 312 g/mol. The van der Waals surface area contributed by atoms with Crippen molar-refractivity contribution in [2.75, 3.05) is 11.6 Å². The average molecular weight is 312 g/mol. The minimum absolute atomic E-state index is 0.0742. The predicted molar refractivity (Wildman–Crippen MR) is 80.8 cm³/mol. The number of sulfone groups is 1. The SMILES string of the molecule is CC[C@@H](C)C(=O)Nc1nc2ccc(S(C)(=O)=O)cc2s1. The van der Waals surface area contributed by atoms with Gasteiger partial charge in [0.1, 0.15) is 0 Å². The number of fused-ring (bicyclic) bond motifs is 1. The van der Waals surface area contributed by atoms with Crippen LogP contribution < -0.4 is 5.32 Å². The van der Waals surface area contributed by atoms with Crippen molar-refractivity contribution in [1.82, 2.24) is 4.98 Å². The first-order chi connectivity index (χ1) is 9.31. The molecule has 0 saturated heterocycles. The third kappa shape index (κ3) is 3.16. The quantitative estimate of drug-likeness (QED) is 0.941. The summed E-state index contributed by atoms with van der Waals surface area (Å²) in [4.78, 5) is 16.3. The molecule has 0 bridgehead atoms. The second-order valence-corrected chi connectivity index (χ2v) is 7.77. The van der Waals surface area contributed by atoms with Crippen LogP contribution in [0.15, 0.2) is 23.1 Å². The Morgan fingerprint density at radius 2 is 2.15 bits per heavy atom. The maximum atomic E-state index is 11.8. The van der Waals surface area contributed by atoms with Gasteiger partial charge in [0.15, 0.2) is 15.0 Å². The minimum atomic E-state index is -3.23. The third-order valence-corrected chi connectivity index (χ3v) is 5.12. The zero-order valence-corrected chi connectivity index (χ0v) is 13.1. The van der Waals surface area contributed by atoms with Crippen LogP contribution in [0.3, 0.4) is 0 Å². The standard InChI is InChI=1S/C13H16N2O3S2/c1-4-8(2)12(16)15-13-14-10-6-5-9(20(3,17)18)7-11(10)19-13/h5-8H,4H2,1-3H3,(H,14,15,16)/t8-/m1/s1.